The van der Waals surface area contributed by atoms with Gasteiger partial charge in [0.2, 0.25) is 0 Å². The minimum Gasteiger partial charge on any atom is -0.486 e. The van der Waals surface area contributed by atoms with Gasteiger partial charge in [-0.25, -0.2) is 0 Å². The van der Waals surface area contributed by atoms with E-state index in [0.717, 1.165) is 0 Å². The van der Waals surface area contributed by atoms with Gasteiger partial charge in [0.05, 0.1) is 11.5 Å². The van der Waals surface area contributed by atoms with E-state index in [4.69, 9.17) is 9.47 Å². The molecule has 0 fully saturated rings. The molecule has 1 heterocycles. The van der Waals surface area contributed by atoms with E-state index in [1.807, 2.05) is 31.2 Å². The highest BCUT2D eigenvalue weighted by molar-refractivity contribution is 5.98. The maximum Gasteiger partial charge on any atom is 0.282 e. The fourth-order valence-corrected chi connectivity index (χ4v) is 2.74. The Kier molecular flexibility index (Phi) is 4.83. The van der Waals surface area contributed by atoms with Crippen molar-refractivity contribution < 1.29 is 19.2 Å². The molecule has 0 aromatic heterocycles. The van der Waals surface area contributed by atoms with E-state index < -0.39 is 10.8 Å². The number of para-hydroxylation sites is 3. The highest BCUT2D eigenvalue weighted by Gasteiger charge is 2.28. The van der Waals surface area contributed by atoms with Crippen molar-refractivity contribution in [2.75, 3.05) is 19.7 Å². The van der Waals surface area contributed by atoms with Gasteiger partial charge >= 0.3 is 0 Å². The van der Waals surface area contributed by atoms with Crippen LogP contribution in [0.25, 0.3) is 0 Å². The smallest absolute Gasteiger partial charge is 0.282 e. The Labute approximate surface area is 144 Å². The van der Waals surface area contributed by atoms with Crippen molar-refractivity contribution in [3.63, 3.8) is 0 Å². The average Bonchev–Trinajstić information content (AvgIpc) is 2.65. The molecule has 7 heteroatoms. The Morgan fingerprint density at radius 1 is 1.20 bits per heavy atom. The molecule has 0 spiro atoms. The molecule has 25 heavy (non-hydrogen) atoms. The molecule has 1 unspecified atom stereocenters. The molecule has 2 aromatic rings. The molecular weight excluding hydrogens is 324 g/mol. The van der Waals surface area contributed by atoms with Crippen LogP contribution in [0.5, 0.6) is 11.5 Å². The Hall–Kier alpha value is -3.09. The third kappa shape index (κ3) is 3.55. The number of hydrogen-bond donors (Lipinski definition) is 0. The Bertz CT molecular complexity index is 793. The second-order valence-electron chi connectivity index (χ2n) is 5.62. The van der Waals surface area contributed by atoms with Crippen molar-refractivity contribution in [1.82, 2.24) is 4.90 Å². The second kappa shape index (κ2) is 7.21. The summed E-state index contributed by atoms with van der Waals surface area (Å²) in [6.45, 7) is 2.84. The van der Waals surface area contributed by atoms with Crippen LogP contribution < -0.4 is 9.47 Å². The zero-order chi connectivity index (χ0) is 17.8. The Morgan fingerprint density at radius 3 is 2.60 bits per heavy atom. The predicted octanol–water partition coefficient (Wildman–Crippen LogP) is 2.90. The Morgan fingerprint density at radius 2 is 1.88 bits per heavy atom. The molecular formula is C18H18N2O5. The topological polar surface area (TPSA) is 81.9 Å². The third-order valence-corrected chi connectivity index (χ3v) is 3.99. The van der Waals surface area contributed by atoms with Crippen LogP contribution in [-0.4, -0.2) is 41.5 Å². The summed E-state index contributed by atoms with van der Waals surface area (Å²) in [4.78, 5) is 24.9. The van der Waals surface area contributed by atoms with Gasteiger partial charge in [-0.05, 0) is 25.1 Å². The van der Waals surface area contributed by atoms with Gasteiger partial charge in [-0.15, -0.1) is 0 Å². The van der Waals surface area contributed by atoms with Gasteiger partial charge < -0.3 is 14.4 Å². The Balaban J connectivity index is 1.75. The molecule has 1 amide bonds. The summed E-state index contributed by atoms with van der Waals surface area (Å²) in [5, 5.41) is 11.2. The lowest BCUT2D eigenvalue weighted by molar-refractivity contribution is -0.385. The number of nitrogens with zero attached hydrogens (tertiary/aromatic N) is 2. The molecule has 7 nitrogen and oxygen atoms in total. The van der Waals surface area contributed by atoms with E-state index in [9.17, 15) is 14.9 Å². The van der Waals surface area contributed by atoms with E-state index in [1.54, 1.807) is 12.1 Å². The summed E-state index contributed by atoms with van der Waals surface area (Å²) in [6.07, 6.45) is -0.332. The predicted molar refractivity (Wildman–Crippen MR) is 91.0 cm³/mol. The maximum absolute atomic E-state index is 12.7. The van der Waals surface area contributed by atoms with Gasteiger partial charge in [-0.3, -0.25) is 14.9 Å². The van der Waals surface area contributed by atoms with Gasteiger partial charge in [0.25, 0.3) is 11.6 Å². The van der Waals surface area contributed by atoms with Crippen molar-refractivity contribution in [1.29, 1.82) is 0 Å². The number of nitro benzene ring substituents is 1. The standard InChI is InChI=1S/C18H18N2O5/c1-2-19(18(21)14-7-3-4-8-15(14)20(22)23)11-13-12-24-16-9-5-6-10-17(16)25-13/h3-10,13H,2,11-12H2,1H3. The number of nitro groups is 1. The molecule has 0 aliphatic carbocycles. The first kappa shape index (κ1) is 16.8. The summed E-state index contributed by atoms with van der Waals surface area (Å²) >= 11 is 0. The van der Waals surface area contributed by atoms with Crippen LogP contribution in [0, 0.1) is 10.1 Å². The summed E-state index contributed by atoms with van der Waals surface area (Å²) in [6, 6.07) is 13.3. The fraction of sp³-hybridized carbons (Fsp3) is 0.278. The minimum atomic E-state index is -0.544. The number of benzene rings is 2. The van der Waals surface area contributed by atoms with Crippen LogP contribution in [0.2, 0.25) is 0 Å². The van der Waals surface area contributed by atoms with Gasteiger partial charge in [0.15, 0.2) is 17.6 Å². The fourth-order valence-electron chi connectivity index (χ4n) is 2.74. The highest BCUT2D eigenvalue weighted by atomic mass is 16.6. The monoisotopic (exact) mass is 342 g/mol. The first-order valence-corrected chi connectivity index (χ1v) is 8.01. The van der Waals surface area contributed by atoms with Gasteiger partial charge in [-0.2, -0.15) is 0 Å². The summed E-state index contributed by atoms with van der Waals surface area (Å²) in [5.74, 6) is 0.914. The zero-order valence-electron chi connectivity index (χ0n) is 13.8. The number of likely N-dealkylation sites (N-methyl/N-ethyl adjacent to an activating group) is 1. The summed E-state index contributed by atoms with van der Waals surface area (Å²) in [7, 11) is 0. The van der Waals surface area contributed by atoms with Crippen LogP contribution in [0.4, 0.5) is 5.69 Å². The molecule has 1 aliphatic heterocycles. The lowest BCUT2D eigenvalue weighted by Gasteiger charge is -2.30. The van der Waals surface area contributed by atoms with E-state index in [1.165, 1.54) is 17.0 Å². The van der Waals surface area contributed by atoms with Crippen molar-refractivity contribution in [2.45, 2.75) is 13.0 Å². The van der Waals surface area contributed by atoms with E-state index in [2.05, 4.69) is 0 Å². The summed E-state index contributed by atoms with van der Waals surface area (Å²) < 4.78 is 11.5. The number of amides is 1. The molecule has 0 saturated carbocycles. The van der Waals surface area contributed by atoms with Gasteiger partial charge in [-0.1, -0.05) is 24.3 Å². The molecule has 0 bridgehead atoms. The van der Waals surface area contributed by atoms with E-state index in [0.29, 0.717) is 24.7 Å². The lowest BCUT2D eigenvalue weighted by atomic mass is 10.1. The normalized spacial score (nSPS) is 15.5. The first-order chi connectivity index (χ1) is 12.1. The van der Waals surface area contributed by atoms with E-state index >= 15 is 0 Å². The van der Waals surface area contributed by atoms with Crippen LogP contribution >= 0.6 is 0 Å². The number of ether oxygens (including phenoxy) is 2. The van der Waals surface area contributed by atoms with Crippen molar-refractivity contribution in [3.8, 4) is 11.5 Å². The van der Waals surface area contributed by atoms with Crippen LogP contribution in [0.1, 0.15) is 17.3 Å². The van der Waals surface area contributed by atoms with Crippen molar-refractivity contribution in [3.05, 3.63) is 64.2 Å². The molecule has 3 rings (SSSR count). The number of fused-ring (bicyclic) bond motifs is 1. The van der Waals surface area contributed by atoms with Crippen LogP contribution in [-0.2, 0) is 0 Å². The number of rotatable bonds is 5. The van der Waals surface area contributed by atoms with E-state index in [-0.39, 0.29) is 23.9 Å². The third-order valence-electron chi connectivity index (χ3n) is 3.99. The van der Waals surface area contributed by atoms with Crippen LogP contribution in [0.15, 0.2) is 48.5 Å². The molecule has 0 saturated heterocycles. The second-order valence-corrected chi connectivity index (χ2v) is 5.62. The number of carbonyl (C=O) groups excluding carboxylic acids is 1. The SMILES string of the molecule is CCN(CC1COc2ccccc2O1)C(=O)c1ccccc1[N+](=O)[O-]. The molecule has 1 atom stereocenters. The molecule has 2 aromatic carbocycles. The number of hydrogen-bond acceptors (Lipinski definition) is 5. The van der Waals surface area contributed by atoms with Crippen LogP contribution in [0.3, 0.4) is 0 Å². The maximum atomic E-state index is 12.7. The van der Waals surface area contributed by atoms with Crippen molar-refractivity contribution >= 4 is 11.6 Å². The average molecular weight is 342 g/mol. The molecule has 130 valence electrons. The lowest BCUT2D eigenvalue weighted by Crippen LogP contribution is -2.43. The molecule has 1 aliphatic rings. The zero-order valence-corrected chi connectivity index (χ0v) is 13.8. The number of carbonyl (C=O) groups is 1. The minimum absolute atomic E-state index is 0.0754. The largest absolute Gasteiger partial charge is 0.486 e. The van der Waals surface area contributed by atoms with Gasteiger partial charge in [0.1, 0.15) is 12.2 Å². The first-order valence-electron chi connectivity index (χ1n) is 8.01. The van der Waals surface area contributed by atoms with Gasteiger partial charge in [0, 0.05) is 12.6 Å². The molecule has 0 radical (unpaired) electrons. The summed E-state index contributed by atoms with van der Waals surface area (Å²) in [5.41, 5.74) is -0.122. The quantitative estimate of drug-likeness (QED) is 0.616. The molecule has 0 N–H and O–H groups in total. The van der Waals surface area contributed by atoms with Crippen molar-refractivity contribution in [2.24, 2.45) is 0 Å². The highest BCUT2D eigenvalue weighted by Crippen LogP contribution is 2.31.